The fourth-order valence-electron chi connectivity index (χ4n) is 3.89. The number of benzene rings is 3. The third-order valence-corrected chi connectivity index (χ3v) is 5.88. The summed E-state index contributed by atoms with van der Waals surface area (Å²) >= 11 is 6.22. The predicted octanol–water partition coefficient (Wildman–Crippen LogP) is 5.75. The van der Waals surface area contributed by atoms with Crippen molar-refractivity contribution < 1.29 is 27.9 Å². The highest BCUT2D eigenvalue weighted by atomic mass is 35.5. The fourth-order valence-corrected chi connectivity index (χ4v) is 4.09. The first-order valence-electron chi connectivity index (χ1n) is 10.8. The Balaban J connectivity index is 0.000000429. The highest BCUT2D eigenvalue weighted by Crippen LogP contribution is 2.32. The molecule has 9 heteroatoms. The third-order valence-electron chi connectivity index (χ3n) is 5.65. The van der Waals surface area contributed by atoms with Crippen LogP contribution < -0.4 is 10.6 Å². The van der Waals surface area contributed by atoms with Crippen molar-refractivity contribution in [1.29, 1.82) is 0 Å². The average molecular weight is 505 g/mol. The number of nitrogens with two attached hydrogens (primary N) is 1. The first kappa shape index (κ1) is 26.2. The van der Waals surface area contributed by atoms with Crippen LogP contribution in [0.15, 0.2) is 60.7 Å². The van der Waals surface area contributed by atoms with Gasteiger partial charge in [0.15, 0.2) is 0 Å². The number of nitrogens with zero attached hydrogens (tertiary/aromatic N) is 1. The molecule has 1 heterocycles. The number of amides is 1. The van der Waals surface area contributed by atoms with Gasteiger partial charge in [-0.05, 0) is 70.5 Å². The summed E-state index contributed by atoms with van der Waals surface area (Å²) in [7, 11) is 0. The van der Waals surface area contributed by atoms with Gasteiger partial charge in [-0.2, -0.15) is 13.2 Å². The Morgan fingerprint density at radius 2 is 1.63 bits per heavy atom. The topological polar surface area (TPSA) is 83.6 Å². The van der Waals surface area contributed by atoms with Crippen molar-refractivity contribution in [1.82, 2.24) is 0 Å². The molecule has 184 valence electrons. The number of anilines is 1. The maximum Gasteiger partial charge on any atom is 0.490 e. The Hall–Kier alpha value is -3.36. The number of hydrogen-bond acceptors (Lipinski definition) is 3. The quantitative estimate of drug-likeness (QED) is 0.465. The maximum absolute atomic E-state index is 12.4. The van der Waals surface area contributed by atoms with Crippen LogP contribution in [0.2, 0.25) is 5.02 Å². The number of fused-ring (bicyclic) bond motifs is 2. The molecule has 1 amide bonds. The number of alkyl halides is 3. The van der Waals surface area contributed by atoms with E-state index in [1.54, 1.807) is 6.92 Å². The van der Waals surface area contributed by atoms with Crippen LogP contribution in [0, 0.1) is 0 Å². The Morgan fingerprint density at radius 3 is 2.26 bits per heavy atom. The lowest BCUT2D eigenvalue weighted by molar-refractivity contribution is -0.192. The number of carbonyl (C=O) groups excluding carboxylic acids is 1. The number of aryl methyl sites for hydroxylation is 2. The molecule has 5 nitrogen and oxygen atoms in total. The normalized spacial score (nSPS) is 12.9. The van der Waals surface area contributed by atoms with Gasteiger partial charge in [-0.3, -0.25) is 4.79 Å². The minimum atomic E-state index is -5.08. The molecule has 3 aromatic carbocycles. The van der Waals surface area contributed by atoms with Gasteiger partial charge in [0.25, 0.3) is 0 Å². The summed E-state index contributed by atoms with van der Waals surface area (Å²) < 4.78 is 31.7. The van der Waals surface area contributed by atoms with Crippen LogP contribution in [0.4, 0.5) is 18.9 Å². The first-order chi connectivity index (χ1) is 16.5. The summed E-state index contributed by atoms with van der Waals surface area (Å²) in [5.74, 6) is -2.72. The molecule has 0 bridgehead atoms. The minimum absolute atomic E-state index is 0.0381. The number of hydrogen-bond donors (Lipinski definition) is 2. The fraction of sp³-hybridized carbons (Fsp3) is 0.231. The zero-order chi connectivity index (χ0) is 25.8. The van der Waals surface area contributed by atoms with E-state index in [4.69, 9.17) is 27.2 Å². The molecule has 1 aliphatic heterocycles. The lowest BCUT2D eigenvalue weighted by Crippen LogP contribution is -2.30. The van der Waals surface area contributed by atoms with Crippen molar-refractivity contribution in [2.75, 3.05) is 4.90 Å². The second-order valence-electron chi connectivity index (χ2n) is 8.07. The number of aliphatic carboxylic acids is 1. The zero-order valence-electron chi connectivity index (χ0n) is 18.9. The van der Waals surface area contributed by atoms with Crippen LogP contribution in [0.25, 0.3) is 11.1 Å². The van der Waals surface area contributed by atoms with E-state index in [9.17, 15) is 18.0 Å². The molecule has 3 N–H and O–H groups in total. The number of carboxylic acids is 1. The summed E-state index contributed by atoms with van der Waals surface area (Å²) in [5, 5.41) is 7.83. The minimum Gasteiger partial charge on any atom is -0.475 e. The summed E-state index contributed by atoms with van der Waals surface area (Å²) in [4.78, 5) is 23.1. The molecule has 3 aromatic rings. The Labute approximate surface area is 205 Å². The van der Waals surface area contributed by atoms with Crippen LogP contribution in [-0.4, -0.2) is 23.2 Å². The molecule has 0 radical (unpaired) electrons. The highest BCUT2D eigenvalue weighted by Gasteiger charge is 2.38. The number of rotatable bonds is 2. The van der Waals surface area contributed by atoms with Crippen molar-refractivity contribution in [3.63, 3.8) is 0 Å². The third kappa shape index (κ3) is 6.61. The van der Waals surface area contributed by atoms with E-state index in [2.05, 4.69) is 30.3 Å². The van der Waals surface area contributed by atoms with E-state index < -0.39 is 12.1 Å². The van der Waals surface area contributed by atoms with Gasteiger partial charge in [0, 0.05) is 24.2 Å². The van der Waals surface area contributed by atoms with Gasteiger partial charge < -0.3 is 15.7 Å². The molecule has 0 aromatic heterocycles. The van der Waals surface area contributed by atoms with E-state index in [1.165, 1.54) is 22.3 Å². The van der Waals surface area contributed by atoms with Crippen molar-refractivity contribution in [2.24, 2.45) is 5.73 Å². The molecule has 0 fully saturated rings. The molecule has 0 atom stereocenters. The maximum atomic E-state index is 12.4. The lowest BCUT2D eigenvalue weighted by atomic mass is 9.92. The summed E-state index contributed by atoms with van der Waals surface area (Å²) in [6.45, 7) is 2.72. The Kier molecular flexibility index (Phi) is 8.19. The largest absolute Gasteiger partial charge is 0.490 e. The van der Waals surface area contributed by atoms with Gasteiger partial charge in [-0.15, -0.1) is 0 Å². The summed E-state index contributed by atoms with van der Waals surface area (Å²) in [6, 6.07) is 20.7. The number of carbonyl (C=O) groups is 2. The second-order valence-corrected chi connectivity index (χ2v) is 8.51. The van der Waals surface area contributed by atoms with Crippen molar-refractivity contribution in [3.05, 3.63) is 87.9 Å². The van der Waals surface area contributed by atoms with Crippen molar-refractivity contribution in [3.8, 4) is 11.1 Å². The van der Waals surface area contributed by atoms with Crippen LogP contribution in [0.1, 0.15) is 29.2 Å². The molecule has 0 unspecified atom stereocenters. The lowest BCUT2D eigenvalue weighted by Gasteiger charge is -2.28. The van der Waals surface area contributed by atoms with Crippen molar-refractivity contribution in [2.45, 2.75) is 39.0 Å². The van der Waals surface area contributed by atoms with E-state index in [-0.39, 0.29) is 5.91 Å². The molecule has 4 rings (SSSR count). The van der Waals surface area contributed by atoms with Gasteiger partial charge in [0.1, 0.15) is 0 Å². The van der Waals surface area contributed by atoms with Crippen LogP contribution in [-0.2, 0) is 35.5 Å². The molecule has 0 saturated carbocycles. The summed E-state index contributed by atoms with van der Waals surface area (Å²) in [5.41, 5.74) is 13.8. The van der Waals surface area contributed by atoms with Crippen LogP contribution >= 0.6 is 11.6 Å². The Bertz CT molecular complexity index is 1240. The van der Waals surface area contributed by atoms with E-state index >= 15 is 0 Å². The van der Waals surface area contributed by atoms with Gasteiger partial charge in [0.2, 0.25) is 5.91 Å². The van der Waals surface area contributed by atoms with E-state index in [1.807, 2.05) is 35.2 Å². The van der Waals surface area contributed by atoms with E-state index in [0.717, 1.165) is 29.7 Å². The van der Waals surface area contributed by atoms with Gasteiger partial charge in [-0.25, -0.2) is 4.79 Å². The van der Waals surface area contributed by atoms with Crippen molar-refractivity contribution >= 4 is 29.2 Å². The molecule has 0 spiro atoms. The SMILES string of the molecule is CC(=O)N1Cc2ccc(-c3cccc(CN)c3)cc2CCc2cc(Cl)ccc21.O=C(O)C(F)(F)F. The number of halogens is 4. The monoisotopic (exact) mass is 504 g/mol. The van der Waals surface area contributed by atoms with Gasteiger partial charge in [-0.1, -0.05) is 48.0 Å². The number of carboxylic acid groups (broad SMARTS) is 1. The summed E-state index contributed by atoms with van der Waals surface area (Å²) in [6.07, 6.45) is -3.32. The zero-order valence-corrected chi connectivity index (χ0v) is 19.7. The molecule has 0 aliphatic carbocycles. The molecule has 1 aliphatic rings. The van der Waals surface area contributed by atoms with Crippen LogP contribution in [0.5, 0.6) is 0 Å². The average Bonchev–Trinajstić information content (AvgIpc) is 2.80. The van der Waals surface area contributed by atoms with Gasteiger partial charge >= 0.3 is 12.1 Å². The molecular formula is C26H24ClF3N2O3. The predicted molar refractivity (Wildman–Crippen MR) is 129 cm³/mol. The van der Waals surface area contributed by atoms with E-state index in [0.29, 0.717) is 18.1 Å². The smallest absolute Gasteiger partial charge is 0.475 e. The molecule has 0 saturated heterocycles. The highest BCUT2D eigenvalue weighted by molar-refractivity contribution is 6.30. The second kappa shape index (κ2) is 10.9. The Morgan fingerprint density at radius 1 is 0.971 bits per heavy atom. The van der Waals surface area contributed by atoms with Gasteiger partial charge in [0.05, 0.1) is 6.54 Å². The standard InChI is InChI=1S/C24H23ClN2O.C2HF3O2/c1-16(28)27-15-22-8-6-19(18-4-2-3-17(11-18)14-26)12-20(22)5-7-21-13-23(25)9-10-24(21)27;3-2(4,5)1(6)7/h2-4,6,8-13H,5,7,14-15,26H2,1H3;(H,6,7). The first-order valence-corrected chi connectivity index (χ1v) is 11.1. The molecule has 35 heavy (non-hydrogen) atoms. The molecular weight excluding hydrogens is 481 g/mol. The van der Waals surface area contributed by atoms with Crippen LogP contribution in [0.3, 0.4) is 0 Å².